The van der Waals surface area contributed by atoms with Gasteiger partial charge in [0.25, 0.3) is 0 Å². The van der Waals surface area contributed by atoms with Gasteiger partial charge in [0.15, 0.2) is 0 Å². The summed E-state index contributed by atoms with van der Waals surface area (Å²) in [4.78, 5) is 5.55. The summed E-state index contributed by atoms with van der Waals surface area (Å²) in [5, 5.41) is 0. The Morgan fingerprint density at radius 1 is 0.667 bits per heavy atom. The predicted molar refractivity (Wildman–Crippen MR) is 229 cm³/mol. The van der Waals surface area contributed by atoms with Crippen LogP contribution in [0.5, 0.6) is 0 Å². The second-order valence-electron chi connectivity index (χ2n) is 17.9. The second-order valence-corrected chi connectivity index (χ2v) is 17.9. The van der Waals surface area contributed by atoms with E-state index in [1.54, 1.807) is 22.2 Å². The van der Waals surface area contributed by atoms with E-state index in [4.69, 9.17) is 0 Å². The molecular formula is C51H49BN2. The molecule has 5 aromatic carbocycles. The molecular weight excluding hydrogens is 651 g/mol. The van der Waals surface area contributed by atoms with E-state index in [1.807, 2.05) is 0 Å². The number of anilines is 4. The third kappa shape index (κ3) is 3.56. The van der Waals surface area contributed by atoms with Gasteiger partial charge in [-0.05, 0) is 118 Å². The quantitative estimate of drug-likeness (QED) is 0.136. The van der Waals surface area contributed by atoms with Crippen LogP contribution < -0.4 is 15.2 Å². The van der Waals surface area contributed by atoms with E-state index < -0.39 is 5.54 Å². The van der Waals surface area contributed by atoms with Gasteiger partial charge in [-0.15, -0.1) is 0 Å². The zero-order valence-electron chi connectivity index (χ0n) is 32.8. The summed E-state index contributed by atoms with van der Waals surface area (Å²) < 4.78 is 0. The highest BCUT2D eigenvalue weighted by Gasteiger charge is 2.70. The van der Waals surface area contributed by atoms with Gasteiger partial charge in [0.1, 0.15) is 0 Å². The van der Waals surface area contributed by atoms with Gasteiger partial charge in [-0.1, -0.05) is 138 Å². The first-order valence-electron chi connectivity index (χ1n) is 20.4. The molecule has 266 valence electrons. The van der Waals surface area contributed by atoms with E-state index in [9.17, 15) is 0 Å². The van der Waals surface area contributed by atoms with Crippen molar-refractivity contribution in [2.24, 2.45) is 11.3 Å². The van der Waals surface area contributed by atoms with Crippen LogP contribution in [-0.4, -0.2) is 12.4 Å². The Bertz CT molecular complexity index is 2550. The zero-order valence-corrected chi connectivity index (χ0v) is 32.8. The van der Waals surface area contributed by atoms with Crippen molar-refractivity contribution in [2.45, 2.75) is 84.1 Å². The highest BCUT2D eigenvalue weighted by molar-refractivity contribution is 6.89. The fraction of sp³-hybridized carbons (Fsp3) is 0.294. The maximum Gasteiger partial charge on any atom is 0.329 e. The first kappa shape index (κ1) is 32.4. The summed E-state index contributed by atoms with van der Waals surface area (Å²) in [6.45, 7) is 17.6. The summed E-state index contributed by atoms with van der Waals surface area (Å²) in [5.74, 6) is 0.304. The first-order valence-corrected chi connectivity index (χ1v) is 20.4. The number of allylic oxidation sites excluding steroid dienone is 4. The minimum atomic E-state index is -0.429. The standard InChI is InChI=1S/C51H49BN2/c1-8-9-17-33-26-28-34(29-27-33)54-40-23-14-11-18-35(40)36-20-16-25-42-45(36)52(54)47-44-37-19-10-12-21-38(37)48(3,4)50(44,6)43-32(2)30-31-49(5)39-22-13-15-24-41(39)53(42)51(47,7)46(43)49/h10-16,18-32H,8-9,17H2,1-7H3. The van der Waals surface area contributed by atoms with E-state index in [2.05, 4.69) is 186 Å². The Kier molecular flexibility index (Phi) is 6.36. The van der Waals surface area contributed by atoms with Gasteiger partial charge >= 0.3 is 6.85 Å². The van der Waals surface area contributed by atoms with Gasteiger partial charge in [-0.25, -0.2) is 0 Å². The highest BCUT2D eigenvalue weighted by Crippen LogP contribution is 2.74. The molecule has 3 heteroatoms. The van der Waals surface area contributed by atoms with Crippen LogP contribution in [0, 0.1) is 11.3 Å². The molecule has 6 aliphatic rings. The molecule has 0 saturated carbocycles. The van der Waals surface area contributed by atoms with E-state index >= 15 is 0 Å². The molecule has 4 unspecified atom stereocenters. The molecule has 5 aromatic rings. The third-order valence-corrected chi connectivity index (χ3v) is 15.2. The van der Waals surface area contributed by atoms with Gasteiger partial charge < -0.3 is 9.71 Å². The number of benzene rings is 5. The number of para-hydroxylation sites is 2. The summed E-state index contributed by atoms with van der Waals surface area (Å²) >= 11 is 0. The van der Waals surface area contributed by atoms with Gasteiger partial charge in [0.05, 0.1) is 5.54 Å². The van der Waals surface area contributed by atoms with E-state index in [0.29, 0.717) is 5.92 Å². The topological polar surface area (TPSA) is 6.48 Å². The van der Waals surface area contributed by atoms with Crippen molar-refractivity contribution in [3.8, 4) is 11.1 Å². The smallest absolute Gasteiger partial charge is 0.329 e. The minimum Gasteiger partial charge on any atom is -0.377 e. The predicted octanol–water partition coefficient (Wildman–Crippen LogP) is 12.0. The monoisotopic (exact) mass is 700 g/mol. The number of nitrogens with zero attached hydrogens (tertiary/aromatic N) is 2. The maximum absolute atomic E-state index is 2.80. The van der Waals surface area contributed by atoms with Gasteiger partial charge in [-0.2, -0.15) is 0 Å². The number of hydrogen-bond donors (Lipinski definition) is 0. The summed E-state index contributed by atoms with van der Waals surface area (Å²) in [5.41, 5.74) is 20.3. The van der Waals surface area contributed by atoms with Gasteiger partial charge in [0, 0.05) is 44.6 Å². The molecule has 0 saturated heterocycles. The largest absolute Gasteiger partial charge is 0.377 e. The lowest BCUT2D eigenvalue weighted by atomic mass is 9.32. The molecule has 0 N–H and O–H groups in total. The lowest BCUT2D eigenvalue weighted by Crippen LogP contribution is -2.71. The van der Waals surface area contributed by atoms with Crippen LogP contribution >= 0.6 is 0 Å². The SMILES string of the molecule is CCCCc1ccc(N2B3C4=C5c6ccccc6C(C)(C)C5(C)C5=C6C(C)(C=CC5C)c5ccccc5N(c5cccc(c53)-c3ccccc32)C46C)cc1. The molecule has 0 amide bonds. The van der Waals surface area contributed by atoms with Crippen molar-refractivity contribution in [1.82, 2.24) is 0 Å². The zero-order chi connectivity index (χ0) is 36.9. The Balaban J connectivity index is 1.35. The van der Waals surface area contributed by atoms with Crippen LogP contribution in [0.15, 0.2) is 144 Å². The molecule has 3 heterocycles. The Morgan fingerprint density at radius 2 is 1.31 bits per heavy atom. The second kappa shape index (κ2) is 10.6. The number of fused-ring (bicyclic) bond motifs is 11. The number of hydrogen-bond acceptors (Lipinski definition) is 2. The van der Waals surface area contributed by atoms with Crippen molar-refractivity contribution in [2.75, 3.05) is 9.71 Å². The molecule has 2 nitrogen and oxygen atoms in total. The first-order chi connectivity index (χ1) is 26.1. The summed E-state index contributed by atoms with van der Waals surface area (Å²) in [7, 11) is 0. The molecule has 0 spiro atoms. The normalized spacial score (nSPS) is 27.2. The van der Waals surface area contributed by atoms with E-state index in [0.717, 1.165) is 6.42 Å². The summed E-state index contributed by atoms with van der Waals surface area (Å²) in [6.07, 6.45) is 8.66. The average Bonchev–Trinajstić information content (AvgIpc) is 3.36. The maximum atomic E-state index is 2.80. The van der Waals surface area contributed by atoms with Crippen molar-refractivity contribution in [3.05, 3.63) is 166 Å². The number of unbranched alkanes of at least 4 members (excludes halogenated alkanes) is 1. The Hall–Kier alpha value is -5.02. The van der Waals surface area contributed by atoms with E-state index in [1.165, 1.54) is 74.4 Å². The molecule has 54 heavy (non-hydrogen) atoms. The van der Waals surface area contributed by atoms with Crippen molar-refractivity contribution in [3.63, 3.8) is 0 Å². The van der Waals surface area contributed by atoms with Crippen molar-refractivity contribution in [1.29, 1.82) is 0 Å². The van der Waals surface area contributed by atoms with Crippen LogP contribution in [0.3, 0.4) is 0 Å². The van der Waals surface area contributed by atoms with Crippen LogP contribution in [0.4, 0.5) is 22.7 Å². The fourth-order valence-corrected chi connectivity index (χ4v) is 12.7. The average molecular weight is 701 g/mol. The molecule has 11 rings (SSSR count). The number of aryl methyl sites for hydroxylation is 1. The van der Waals surface area contributed by atoms with Crippen LogP contribution in [0.25, 0.3) is 16.7 Å². The minimum absolute atomic E-state index is 0.00472. The Labute approximate surface area is 322 Å². The van der Waals surface area contributed by atoms with Gasteiger partial charge in [0.2, 0.25) is 0 Å². The molecule has 0 fully saturated rings. The molecule has 3 aliphatic heterocycles. The lowest BCUT2D eigenvalue weighted by Gasteiger charge is -2.67. The number of rotatable bonds is 4. The van der Waals surface area contributed by atoms with Crippen molar-refractivity contribution >= 4 is 40.6 Å². The molecule has 0 bridgehead atoms. The fourth-order valence-electron chi connectivity index (χ4n) is 12.7. The van der Waals surface area contributed by atoms with Crippen LogP contribution in [-0.2, 0) is 17.3 Å². The highest BCUT2D eigenvalue weighted by atomic mass is 15.3. The third-order valence-electron chi connectivity index (χ3n) is 15.2. The Morgan fingerprint density at radius 3 is 2.07 bits per heavy atom. The van der Waals surface area contributed by atoms with E-state index in [-0.39, 0.29) is 23.1 Å². The van der Waals surface area contributed by atoms with Crippen molar-refractivity contribution < 1.29 is 0 Å². The lowest BCUT2D eigenvalue weighted by molar-refractivity contribution is 0.280. The molecule has 3 aliphatic carbocycles. The summed E-state index contributed by atoms with van der Waals surface area (Å²) in [6, 6.07) is 44.7. The molecule has 4 atom stereocenters. The van der Waals surface area contributed by atoms with Crippen LogP contribution in [0.2, 0.25) is 0 Å². The van der Waals surface area contributed by atoms with Crippen LogP contribution in [0.1, 0.15) is 83.6 Å². The molecule has 0 aromatic heterocycles. The van der Waals surface area contributed by atoms with Gasteiger partial charge in [-0.3, -0.25) is 0 Å². The molecule has 0 radical (unpaired) electrons.